The molecule has 1 atom stereocenters. The van der Waals surface area contributed by atoms with Crippen molar-refractivity contribution in [3.63, 3.8) is 0 Å². The van der Waals surface area contributed by atoms with Crippen molar-refractivity contribution in [1.29, 1.82) is 0 Å². The summed E-state index contributed by atoms with van der Waals surface area (Å²) >= 11 is 0. The van der Waals surface area contributed by atoms with Crippen LogP contribution >= 0.6 is 0 Å². The number of nitrogens with zero attached hydrogens (tertiary/aromatic N) is 2. The summed E-state index contributed by atoms with van der Waals surface area (Å²) in [4.78, 5) is 22.0. The molecule has 1 aromatic heterocycles. The first kappa shape index (κ1) is 18.4. The maximum atomic E-state index is 12.8. The molecule has 0 radical (unpaired) electrons. The Morgan fingerprint density at radius 3 is 2.71 bits per heavy atom. The SMILES string of the molecule is Cc1ccc(C)c(Nc2nc3ccccc3nc2C(=O)OCC2CCCO2)c1. The van der Waals surface area contributed by atoms with Crippen LogP contribution in [0, 0.1) is 13.8 Å². The molecule has 28 heavy (non-hydrogen) atoms. The van der Waals surface area contributed by atoms with Gasteiger partial charge in [-0.3, -0.25) is 0 Å². The van der Waals surface area contributed by atoms with Gasteiger partial charge in [-0.25, -0.2) is 14.8 Å². The van der Waals surface area contributed by atoms with E-state index in [1.54, 1.807) is 0 Å². The summed E-state index contributed by atoms with van der Waals surface area (Å²) in [6.07, 6.45) is 1.87. The summed E-state index contributed by atoms with van der Waals surface area (Å²) < 4.78 is 11.0. The van der Waals surface area contributed by atoms with Gasteiger partial charge in [0.2, 0.25) is 0 Å². The van der Waals surface area contributed by atoms with Gasteiger partial charge in [-0.2, -0.15) is 0 Å². The molecule has 1 aliphatic heterocycles. The molecule has 0 saturated carbocycles. The highest BCUT2D eigenvalue weighted by molar-refractivity contribution is 5.96. The number of carbonyl (C=O) groups excluding carboxylic acids is 1. The van der Waals surface area contributed by atoms with Crippen LogP contribution in [0.1, 0.15) is 34.5 Å². The fourth-order valence-corrected chi connectivity index (χ4v) is 3.24. The molecule has 0 spiro atoms. The molecule has 1 aliphatic rings. The number of carbonyl (C=O) groups is 1. The first-order chi connectivity index (χ1) is 13.6. The van der Waals surface area contributed by atoms with E-state index in [0.29, 0.717) is 16.9 Å². The second kappa shape index (κ2) is 7.94. The minimum absolute atomic E-state index is 0.0345. The number of anilines is 2. The van der Waals surface area contributed by atoms with Crippen LogP contribution in [0.4, 0.5) is 11.5 Å². The third-order valence-corrected chi connectivity index (χ3v) is 4.83. The van der Waals surface area contributed by atoms with E-state index >= 15 is 0 Å². The van der Waals surface area contributed by atoms with Crippen molar-refractivity contribution in [2.24, 2.45) is 0 Å². The molecule has 1 fully saturated rings. The number of rotatable bonds is 5. The van der Waals surface area contributed by atoms with Crippen molar-refractivity contribution in [2.75, 3.05) is 18.5 Å². The topological polar surface area (TPSA) is 73.3 Å². The van der Waals surface area contributed by atoms with Gasteiger partial charge in [0.05, 0.1) is 17.1 Å². The highest BCUT2D eigenvalue weighted by atomic mass is 16.6. The Kier molecular flexibility index (Phi) is 5.21. The standard InChI is InChI=1S/C22H23N3O3/c1-14-9-10-15(2)19(12-14)25-21-20(22(26)28-13-16-6-5-11-27-16)23-17-7-3-4-8-18(17)24-21/h3-4,7-10,12,16H,5-6,11,13H2,1-2H3,(H,24,25). The monoisotopic (exact) mass is 377 g/mol. The molecule has 0 aliphatic carbocycles. The summed E-state index contributed by atoms with van der Waals surface area (Å²) in [5, 5.41) is 3.28. The number of esters is 1. The minimum atomic E-state index is -0.499. The predicted octanol–water partition coefficient (Wildman–Crippen LogP) is 4.33. The van der Waals surface area contributed by atoms with Gasteiger partial charge >= 0.3 is 5.97 Å². The van der Waals surface area contributed by atoms with Gasteiger partial charge in [0.1, 0.15) is 6.61 Å². The Bertz CT molecular complexity index is 1010. The number of para-hydroxylation sites is 2. The van der Waals surface area contributed by atoms with E-state index in [0.717, 1.165) is 36.3 Å². The van der Waals surface area contributed by atoms with E-state index in [-0.39, 0.29) is 18.4 Å². The zero-order valence-electron chi connectivity index (χ0n) is 16.1. The lowest BCUT2D eigenvalue weighted by molar-refractivity contribution is 0.0157. The zero-order valence-corrected chi connectivity index (χ0v) is 16.1. The summed E-state index contributed by atoms with van der Waals surface area (Å²) in [5.41, 5.74) is 4.60. The number of aromatic nitrogens is 2. The van der Waals surface area contributed by atoms with Gasteiger partial charge < -0.3 is 14.8 Å². The number of fused-ring (bicyclic) bond motifs is 1. The molecule has 3 aromatic rings. The summed E-state index contributed by atoms with van der Waals surface area (Å²) in [5.74, 6) is -0.105. The van der Waals surface area contributed by atoms with Crippen LogP contribution in [0.2, 0.25) is 0 Å². The maximum Gasteiger partial charge on any atom is 0.360 e. The van der Waals surface area contributed by atoms with E-state index < -0.39 is 5.97 Å². The minimum Gasteiger partial charge on any atom is -0.458 e. The average molecular weight is 377 g/mol. The summed E-state index contributed by atoms with van der Waals surface area (Å²) in [6.45, 7) is 4.98. The van der Waals surface area contributed by atoms with Crippen molar-refractivity contribution in [3.8, 4) is 0 Å². The number of nitrogens with one attached hydrogen (secondary N) is 1. The van der Waals surface area contributed by atoms with Crippen LogP contribution < -0.4 is 5.32 Å². The Morgan fingerprint density at radius 1 is 1.18 bits per heavy atom. The van der Waals surface area contributed by atoms with Crippen LogP contribution in [0.3, 0.4) is 0 Å². The normalized spacial score (nSPS) is 16.3. The van der Waals surface area contributed by atoms with E-state index in [2.05, 4.69) is 15.3 Å². The van der Waals surface area contributed by atoms with E-state index in [1.165, 1.54) is 0 Å². The maximum absolute atomic E-state index is 12.8. The Hall–Kier alpha value is -2.99. The smallest absolute Gasteiger partial charge is 0.360 e. The number of aryl methyl sites for hydroxylation is 2. The Labute approximate surface area is 163 Å². The highest BCUT2D eigenvalue weighted by Crippen LogP contribution is 2.25. The van der Waals surface area contributed by atoms with Crippen LogP contribution in [-0.4, -0.2) is 35.3 Å². The molecule has 0 amide bonds. The summed E-state index contributed by atoms with van der Waals surface area (Å²) in [7, 11) is 0. The molecule has 2 aromatic carbocycles. The van der Waals surface area contributed by atoms with Gasteiger partial charge in [0.15, 0.2) is 11.5 Å². The van der Waals surface area contributed by atoms with Crippen molar-refractivity contribution < 1.29 is 14.3 Å². The molecule has 1 N–H and O–H groups in total. The number of hydrogen-bond acceptors (Lipinski definition) is 6. The first-order valence-electron chi connectivity index (χ1n) is 9.50. The van der Waals surface area contributed by atoms with E-state index in [4.69, 9.17) is 9.47 Å². The predicted molar refractivity (Wildman–Crippen MR) is 108 cm³/mol. The van der Waals surface area contributed by atoms with Crippen LogP contribution in [0.25, 0.3) is 11.0 Å². The summed E-state index contributed by atoms with van der Waals surface area (Å²) in [6, 6.07) is 13.6. The molecule has 2 heterocycles. The second-order valence-electron chi connectivity index (χ2n) is 7.09. The zero-order chi connectivity index (χ0) is 19.5. The second-order valence-corrected chi connectivity index (χ2v) is 7.09. The van der Waals surface area contributed by atoms with Gasteiger partial charge in [0, 0.05) is 12.3 Å². The third-order valence-electron chi connectivity index (χ3n) is 4.83. The van der Waals surface area contributed by atoms with Crippen LogP contribution in [0.5, 0.6) is 0 Å². The molecular formula is C22H23N3O3. The van der Waals surface area contributed by atoms with Crippen molar-refractivity contribution in [2.45, 2.75) is 32.8 Å². The largest absolute Gasteiger partial charge is 0.458 e. The average Bonchev–Trinajstić information content (AvgIpc) is 3.22. The lowest BCUT2D eigenvalue weighted by atomic mass is 10.1. The van der Waals surface area contributed by atoms with Gasteiger partial charge in [-0.1, -0.05) is 24.3 Å². The first-order valence-corrected chi connectivity index (χ1v) is 9.50. The third kappa shape index (κ3) is 3.97. The fraction of sp³-hybridized carbons (Fsp3) is 0.318. The van der Waals surface area contributed by atoms with Gasteiger partial charge in [0.25, 0.3) is 0 Å². The van der Waals surface area contributed by atoms with Crippen molar-refractivity contribution >= 4 is 28.5 Å². The quantitative estimate of drug-likeness (QED) is 0.667. The number of hydrogen-bond donors (Lipinski definition) is 1. The van der Waals surface area contributed by atoms with Crippen LogP contribution in [0.15, 0.2) is 42.5 Å². The molecule has 6 heteroatoms. The lowest BCUT2D eigenvalue weighted by Crippen LogP contribution is -2.20. The fourth-order valence-electron chi connectivity index (χ4n) is 3.24. The van der Waals surface area contributed by atoms with Crippen LogP contribution in [-0.2, 0) is 9.47 Å². The number of ether oxygens (including phenoxy) is 2. The molecule has 1 unspecified atom stereocenters. The lowest BCUT2D eigenvalue weighted by Gasteiger charge is -2.15. The molecule has 1 saturated heterocycles. The van der Waals surface area contributed by atoms with E-state index in [9.17, 15) is 4.79 Å². The molecule has 4 rings (SSSR count). The van der Waals surface area contributed by atoms with Crippen molar-refractivity contribution in [3.05, 3.63) is 59.3 Å². The molecular weight excluding hydrogens is 354 g/mol. The number of benzene rings is 2. The molecule has 0 bridgehead atoms. The van der Waals surface area contributed by atoms with Gasteiger partial charge in [-0.05, 0) is 56.0 Å². The molecule has 6 nitrogen and oxygen atoms in total. The highest BCUT2D eigenvalue weighted by Gasteiger charge is 2.22. The molecule has 144 valence electrons. The Balaban J connectivity index is 1.67. The van der Waals surface area contributed by atoms with E-state index in [1.807, 2.05) is 56.3 Å². The van der Waals surface area contributed by atoms with Gasteiger partial charge in [-0.15, -0.1) is 0 Å². The van der Waals surface area contributed by atoms with Crippen molar-refractivity contribution in [1.82, 2.24) is 9.97 Å². The Morgan fingerprint density at radius 2 is 1.96 bits per heavy atom.